The van der Waals surface area contributed by atoms with Crippen LogP contribution in [0, 0.1) is 0 Å². The normalized spacial score (nSPS) is 22.1. The van der Waals surface area contributed by atoms with Gasteiger partial charge < -0.3 is 14.8 Å². The van der Waals surface area contributed by atoms with Crippen molar-refractivity contribution in [3.05, 3.63) is 24.3 Å². The summed E-state index contributed by atoms with van der Waals surface area (Å²) < 4.78 is 49.0. The molecule has 0 spiro atoms. The maximum absolute atomic E-state index is 13.1. The second kappa shape index (κ2) is 6.76. The van der Waals surface area contributed by atoms with Crippen molar-refractivity contribution in [1.29, 1.82) is 0 Å². The molecule has 1 N–H and O–H groups in total. The highest BCUT2D eigenvalue weighted by atomic mass is 19.4. The summed E-state index contributed by atoms with van der Waals surface area (Å²) in [5.41, 5.74) is -1.63. The van der Waals surface area contributed by atoms with Gasteiger partial charge in [-0.15, -0.1) is 0 Å². The van der Waals surface area contributed by atoms with Gasteiger partial charge in [-0.2, -0.15) is 13.2 Å². The Hall–Kier alpha value is -1.80. The van der Waals surface area contributed by atoms with E-state index in [1.807, 2.05) is 0 Å². The van der Waals surface area contributed by atoms with E-state index in [-0.39, 0.29) is 32.0 Å². The third kappa shape index (κ3) is 3.94. The quantitative estimate of drug-likeness (QED) is 0.899. The Morgan fingerprint density at radius 2 is 1.96 bits per heavy atom. The van der Waals surface area contributed by atoms with Crippen LogP contribution >= 0.6 is 0 Å². The van der Waals surface area contributed by atoms with Gasteiger partial charge in [0, 0.05) is 25.9 Å². The van der Waals surface area contributed by atoms with E-state index in [0.29, 0.717) is 11.4 Å². The smallest absolute Gasteiger partial charge is 0.418 e. The van der Waals surface area contributed by atoms with Crippen LogP contribution in [-0.4, -0.2) is 56.4 Å². The van der Waals surface area contributed by atoms with E-state index in [0.717, 1.165) is 7.11 Å². The van der Waals surface area contributed by atoms with Crippen LogP contribution in [0.1, 0.15) is 6.42 Å². The zero-order valence-electron chi connectivity index (χ0n) is 12.9. The summed E-state index contributed by atoms with van der Waals surface area (Å²) in [6, 6.07) is 6.70. The number of alkyl halides is 3. The van der Waals surface area contributed by atoms with Gasteiger partial charge in [0.25, 0.3) is 0 Å². The fourth-order valence-electron chi connectivity index (χ4n) is 2.58. The lowest BCUT2D eigenvalue weighted by Crippen LogP contribution is -2.49. The Balaban J connectivity index is 1.91. The maximum Gasteiger partial charge on any atom is 0.418 e. The van der Waals surface area contributed by atoms with Gasteiger partial charge in [-0.25, -0.2) is 0 Å². The number of amides is 1. The largest absolute Gasteiger partial charge is 0.497 e. The van der Waals surface area contributed by atoms with Crippen molar-refractivity contribution >= 4 is 11.6 Å². The molecule has 1 saturated heterocycles. The number of hydrogen-bond acceptors (Lipinski definition) is 4. The highest BCUT2D eigenvalue weighted by Crippen LogP contribution is 2.40. The lowest BCUT2D eigenvalue weighted by molar-refractivity contribution is -0.263. The molecule has 1 heterocycles. The number of nitrogens with one attached hydrogen (secondary N) is 1. The first-order chi connectivity index (χ1) is 10.8. The van der Waals surface area contributed by atoms with E-state index >= 15 is 0 Å². The van der Waals surface area contributed by atoms with Crippen LogP contribution in [0.5, 0.6) is 5.75 Å². The summed E-state index contributed by atoms with van der Waals surface area (Å²) in [6.45, 7) is -0.306. The zero-order chi connectivity index (χ0) is 17.1. The fourth-order valence-corrected chi connectivity index (χ4v) is 2.58. The molecule has 1 aliphatic heterocycles. The first-order valence-corrected chi connectivity index (χ1v) is 7.08. The predicted octanol–water partition coefficient (Wildman–Crippen LogP) is 2.29. The Kier molecular flexibility index (Phi) is 5.16. The van der Waals surface area contributed by atoms with Gasteiger partial charge in [0.15, 0.2) is 5.60 Å². The Labute approximate surface area is 132 Å². The molecule has 1 unspecified atom stereocenters. The first kappa shape index (κ1) is 17.6. The lowest BCUT2D eigenvalue weighted by atomic mass is 10.0. The molecule has 2 rings (SSSR count). The number of anilines is 1. The molecule has 1 fully saturated rings. The number of carbonyl (C=O) groups excluding carboxylic acids is 1. The average molecular weight is 332 g/mol. The summed E-state index contributed by atoms with van der Waals surface area (Å²) in [5.74, 6) is 0.279. The van der Waals surface area contributed by atoms with Gasteiger partial charge in [-0.05, 0) is 30.7 Å². The van der Waals surface area contributed by atoms with Crippen molar-refractivity contribution in [1.82, 2.24) is 4.90 Å². The van der Waals surface area contributed by atoms with Crippen molar-refractivity contribution in [2.24, 2.45) is 0 Å². The van der Waals surface area contributed by atoms with Crippen molar-refractivity contribution in [3.8, 4) is 5.75 Å². The molecule has 1 aromatic carbocycles. The number of halogens is 3. The monoisotopic (exact) mass is 332 g/mol. The Morgan fingerprint density at radius 3 is 2.43 bits per heavy atom. The molecule has 23 heavy (non-hydrogen) atoms. The molecular weight excluding hydrogens is 313 g/mol. The maximum atomic E-state index is 13.1. The molecule has 5 nitrogen and oxygen atoms in total. The van der Waals surface area contributed by atoms with E-state index in [1.54, 1.807) is 24.3 Å². The molecule has 1 aromatic rings. The fraction of sp³-hybridized carbons (Fsp3) is 0.533. The van der Waals surface area contributed by atoms with Crippen molar-refractivity contribution in [2.75, 3.05) is 39.2 Å². The summed E-state index contributed by atoms with van der Waals surface area (Å²) in [7, 11) is 2.58. The van der Waals surface area contributed by atoms with Crippen LogP contribution in [0.15, 0.2) is 24.3 Å². The third-order valence-corrected chi connectivity index (χ3v) is 3.96. The topological polar surface area (TPSA) is 50.8 Å². The lowest BCUT2D eigenvalue weighted by Gasteiger charge is -2.30. The molecule has 0 aliphatic carbocycles. The van der Waals surface area contributed by atoms with Crippen LogP contribution in [0.25, 0.3) is 0 Å². The van der Waals surface area contributed by atoms with Gasteiger partial charge in [-0.1, -0.05) is 0 Å². The zero-order valence-corrected chi connectivity index (χ0v) is 12.9. The second-order valence-corrected chi connectivity index (χ2v) is 5.43. The Bertz CT molecular complexity index is 548. The molecule has 1 aliphatic rings. The van der Waals surface area contributed by atoms with E-state index in [1.165, 1.54) is 12.0 Å². The summed E-state index contributed by atoms with van der Waals surface area (Å²) >= 11 is 0. The van der Waals surface area contributed by atoms with Crippen molar-refractivity contribution in [3.63, 3.8) is 0 Å². The molecule has 0 radical (unpaired) electrons. The first-order valence-electron chi connectivity index (χ1n) is 7.08. The minimum Gasteiger partial charge on any atom is -0.497 e. The predicted molar refractivity (Wildman–Crippen MR) is 78.5 cm³/mol. The van der Waals surface area contributed by atoms with Crippen LogP contribution in [0.4, 0.5) is 18.9 Å². The van der Waals surface area contributed by atoms with Gasteiger partial charge in [0.05, 0.1) is 13.7 Å². The molecule has 0 bridgehead atoms. The van der Waals surface area contributed by atoms with E-state index in [2.05, 4.69) is 5.32 Å². The molecule has 0 saturated carbocycles. The van der Waals surface area contributed by atoms with Crippen LogP contribution in [-0.2, 0) is 9.53 Å². The average Bonchev–Trinajstić information content (AvgIpc) is 2.92. The SMILES string of the molecule is COc1ccc(NC(=O)CN2CCC(OC)(C(F)(F)F)C2)cc1. The van der Waals surface area contributed by atoms with E-state index in [9.17, 15) is 18.0 Å². The molecule has 1 amide bonds. The minimum atomic E-state index is -4.46. The standard InChI is InChI=1S/C15H19F3N2O3/c1-22-12-5-3-11(4-6-12)19-13(21)9-20-8-7-14(10-20,23-2)15(16,17)18/h3-6H,7-10H2,1-2H3,(H,19,21). The molecule has 128 valence electrons. The molecule has 8 heteroatoms. The molecule has 0 aromatic heterocycles. The number of nitrogens with zero attached hydrogens (tertiary/aromatic N) is 1. The van der Waals surface area contributed by atoms with Crippen LogP contribution < -0.4 is 10.1 Å². The number of ether oxygens (including phenoxy) is 2. The number of methoxy groups -OCH3 is 2. The minimum absolute atomic E-state index is 0.118. The van der Waals surface area contributed by atoms with Gasteiger partial charge >= 0.3 is 6.18 Å². The number of benzene rings is 1. The highest BCUT2D eigenvalue weighted by molar-refractivity contribution is 5.92. The third-order valence-electron chi connectivity index (χ3n) is 3.96. The highest BCUT2D eigenvalue weighted by Gasteiger charge is 2.58. The Morgan fingerprint density at radius 1 is 1.30 bits per heavy atom. The van der Waals surface area contributed by atoms with Gasteiger partial charge in [0.1, 0.15) is 5.75 Å². The number of likely N-dealkylation sites (tertiary alicyclic amines) is 1. The van der Waals surface area contributed by atoms with Gasteiger partial charge in [-0.3, -0.25) is 9.69 Å². The van der Waals surface area contributed by atoms with E-state index < -0.39 is 11.8 Å². The van der Waals surface area contributed by atoms with E-state index in [4.69, 9.17) is 9.47 Å². The van der Waals surface area contributed by atoms with Crippen molar-refractivity contribution in [2.45, 2.75) is 18.2 Å². The number of hydrogen-bond donors (Lipinski definition) is 1. The molecular formula is C15H19F3N2O3. The second-order valence-electron chi connectivity index (χ2n) is 5.43. The molecule has 1 atom stereocenters. The summed E-state index contributed by atoms with van der Waals surface area (Å²) in [4.78, 5) is 13.4. The summed E-state index contributed by atoms with van der Waals surface area (Å²) in [6.07, 6.45) is -4.63. The number of rotatable bonds is 5. The summed E-state index contributed by atoms with van der Waals surface area (Å²) in [5, 5.41) is 2.65. The number of carbonyl (C=O) groups is 1. The van der Waals surface area contributed by atoms with Crippen molar-refractivity contribution < 1.29 is 27.4 Å². The van der Waals surface area contributed by atoms with Crippen LogP contribution in [0.2, 0.25) is 0 Å². The van der Waals surface area contributed by atoms with Crippen LogP contribution in [0.3, 0.4) is 0 Å². The van der Waals surface area contributed by atoms with Gasteiger partial charge in [0.2, 0.25) is 5.91 Å².